The molecule has 1 aliphatic heterocycles. The highest BCUT2D eigenvalue weighted by Gasteiger charge is 2.23. The summed E-state index contributed by atoms with van der Waals surface area (Å²) in [6.07, 6.45) is 2.58. The van der Waals surface area contributed by atoms with Gasteiger partial charge in [-0.15, -0.1) is 0 Å². The second kappa shape index (κ2) is 5.76. The van der Waals surface area contributed by atoms with Crippen molar-refractivity contribution in [1.29, 1.82) is 0 Å². The van der Waals surface area contributed by atoms with Gasteiger partial charge in [-0.1, -0.05) is 6.92 Å². The summed E-state index contributed by atoms with van der Waals surface area (Å²) in [6.45, 7) is 14.3. The maximum atomic E-state index is 4.64. The molecule has 0 amide bonds. The van der Waals surface area contributed by atoms with Gasteiger partial charge in [0, 0.05) is 37.8 Å². The predicted octanol–water partition coefficient (Wildman–Crippen LogP) is 2.85. The molecule has 2 heterocycles. The highest BCUT2D eigenvalue weighted by atomic mass is 15.4. The lowest BCUT2D eigenvalue weighted by atomic mass is 9.99. The van der Waals surface area contributed by atoms with Crippen LogP contribution in [0.1, 0.15) is 51.8 Å². The van der Waals surface area contributed by atoms with Crippen LogP contribution >= 0.6 is 0 Å². The normalized spacial score (nSPS) is 17.8. The standard InChI is InChI=1S/C16H30N4/c1-12-7-9-20(10-8-12)15-14(11-17-16(3,4)5)13(2)18-19(15)6/h12,17H,7-11H2,1-6H3. The van der Waals surface area contributed by atoms with Gasteiger partial charge in [0.15, 0.2) is 0 Å². The van der Waals surface area contributed by atoms with E-state index in [-0.39, 0.29) is 5.54 Å². The smallest absolute Gasteiger partial charge is 0.131 e. The van der Waals surface area contributed by atoms with Crippen molar-refractivity contribution in [2.75, 3.05) is 18.0 Å². The summed E-state index contributed by atoms with van der Waals surface area (Å²) in [4.78, 5) is 2.51. The van der Waals surface area contributed by atoms with E-state index in [4.69, 9.17) is 0 Å². The first-order chi connectivity index (χ1) is 9.28. The fraction of sp³-hybridized carbons (Fsp3) is 0.812. The quantitative estimate of drug-likeness (QED) is 0.923. The number of nitrogens with zero attached hydrogens (tertiary/aromatic N) is 3. The van der Waals surface area contributed by atoms with Crippen molar-refractivity contribution >= 4 is 5.82 Å². The van der Waals surface area contributed by atoms with Crippen LogP contribution in [-0.2, 0) is 13.6 Å². The van der Waals surface area contributed by atoms with Crippen LogP contribution in [0, 0.1) is 12.8 Å². The lowest BCUT2D eigenvalue weighted by molar-refractivity contribution is 0.419. The Morgan fingerprint density at radius 2 is 1.85 bits per heavy atom. The molecular weight excluding hydrogens is 248 g/mol. The highest BCUT2D eigenvalue weighted by Crippen LogP contribution is 2.28. The Hall–Kier alpha value is -1.03. The van der Waals surface area contributed by atoms with Crippen molar-refractivity contribution in [1.82, 2.24) is 15.1 Å². The number of hydrogen-bond acceptors (Lipinski definition) is 3. The Labute approximate surface area is 123 Å². The maximum Gasteiger partial charge on any atom is 0.131 e. The van der Waals surface area contributed by atoms with Crippen LogP contribution < -0.4 is 10.2 Å². The van der Waals surface area contributed by atoms with Gasteiger partial charge in [-0.25, -0.2) is 0 Å². The Bertz CT molecular complexity index is 448. The molecule has 1 aromatic rings. The first-order valence-electron chi connectivity index (χ1n) is 7.80. The molecule has 4 nitrogen and oxygen atoms in total. The van der Waals surface area contributed by atoms with Crippen molar-refractivity contribution in [2.24, 2.45) is 13.0 Å². The number of hydrogen-bond donors (Lipinski definition) is 1. The number of anilines is 1. The summed E-state index contributed by atoms with van der Waals surface area (Å²) in [5, 5.41) is 8.24. The van der Waals surface area contributed by atoms with Crippen LogP contribution in [0.5, 0.6) is 0 Å². The van der Waals surface area contributed by atoms with Gasteiger partial charge in [0.1, 0.15) is 5.82 Å². The van der Waals surface area contributed by atoms with Crippen molar-refractivity contribution in [2.45, 2.75) is 59.5 Å². The van der Waals surface area contributed by atoms with Gasteiger partial charge in [-0.2, -0.15) is 5.10 Å². The lowest BCUT2D eigenvalue weighted by Gasteiger charge is -2.33. The lowest BCUT2D eigenvalue weighted by Crippen LogP contribution is -2.37. The molecule has 1 saturated heterocycles. The van der Waals surface area contributed by atoms with Crippen molar-refractivity contribution in [3.05, 3.63) is 11.3 Å². The highest BCUT2D eigenvalue weighted by molar-refractivity contribution is 5.50. The van der Waals surface area contributed by atoms with Crippen LogP contribution in [0.4, 0.5) is 5.82 Å². The summed E-state index contributed by atoms with van der Waals surface area (Å²) >= 11 is 0. The largest absolute Gasteiger partial charge is 0.357 e. The SMILES string of the molecule is Cc1nn(C)c(N2CCC(C)CC2)c1CNC(C)(C)C. The van der Waals surface area contributed by atoms with Gasteiger partial charge in [0.05, 0.1) is 5.69 Å². The van der Waals surface area contributed by atoms with E-state index < -0.39 is 0 Å². The fourth-order valence-electron chi connectivity index (χ4n) is 2.87. The minimum Gasteiger partial charge on any atom is -0.357 e. The second-order valence-corrected chi connectivity index (χ2v) is 7.28. The van der Waals surface area contributed by atoms with Gasteiger partial charge in [-0.3, -0.25) is 4.68 Å². The van der Waals surface area contributed by atoms with E-state index in [1.807, 2.05) is 0 Å². The average molecular weight is 278 g/mol. The molecule has 0 spiro atoms. The molecule has 0 saturated carbocycles. The molecule has 114 valence electrons. The molecule has 20 heavy (non-hydrogen) atoms. The monoisotopic (exact) mass is 278 g/mol. The number of piperidine rings is 1. The van der Waals surface area contributed by atoms with Crippen LogP contribution in [-0.4, -0.2) is 28.4 Å². The third-order valence-corrected chi connectivity index (χ3v) is 4.19. The molecule has 2 rings (SSSR count). The average Bonchev–Trinajstić information content (AvgIpc) is 2.61. The molecule has 0 aliphatic carbocycles. The van der Waals surface area contributed by atoms with E-state index in [2.05, 4.69) is 61.7 Å². The van der Waals surface area contributed by atoms with Gasteiger partial charge in [0.25, 0.3) is 0 Å². The zero-order chi connectivity index (χ0) is 14.9. The van der Waals surface area contributed by atoms with E-state index in [1.54, 1.807) is 0 Å². The molecule has 0 atom stereocenters. The number of aromatic nitrogens is 2. The zero-order valence-corrected chi connectivity index (χ0v) is 14.0. The van der Waals surface area contributed by atoms with Gasteiger partial charge in [-0.05, 0) is 46.5 Å². The molecule has 1 fully saturated rings. The summed E-state index contributed by atoms with van der Waals surface area (Å²) < 4.78 is 2.06. The minimum absolute atomic E-state index is 0.135. The Morgan fingerprint density at radius 1 is 1.25 bits per heavy atom. The molecule has 0 bridgehead atoms. The molecule has 4 heteroatoms. The third-order valence-electron chi connectivity index (χ3n) is 4.19. The maximum absolute atomic E-state index is 4.64. The van der Waals surface area contributed by atoms with E-state index in [0.717, 1.165) is 31.2 Å². The summed E-state index contributed by atoms with van der Waals surface area (Å²) in [7, 11) is 2.07. The van der Waals surface area contributed by atoms with Crippen LogP contribution in [0.3, 0.4) is 0 Å². The molecule has 0 unspecified atom stereocenters. The van der Waals surface area contributed by atoms with Gasteiger partial charge >= 0.3 is 0 Å². The molecule has 0 aromatic carbocycles. The van der Waals surface area contributed by atoms with Gasteiger partial charge in [0.2, 0.25) is 0 Å². The molecule has 0 radical (unpaired) electrons. The van der Waals surface area contributed by atoms with E-state index in [0.29, 0.717) is 0 Å². The van der Waals surface area contributed by atoms with E-state index >= 15 is 0 Å². The third kappa shape index (κ3) is 3.54. The molecular formula is C16H30N4. The molecule has 1 aliphatic rings. The van der Waals surface area contributed by atoms with E-state index in [1.165, 1.54) is 24.2 Å². The van der Waals surface area contributed by atoms with Crippen molar-refractivity contribution < 1.29 is 0 Å². The molecule has 1 aromatic heterocycles. The Morgan fingerprint density at radius 3 is 2.40 bits per heavy atom. The minimum atomic E-state index is 0.135. The number of aryl methyl sites for hydroxylation is 2. The first-order valence-corrected chi connectivity index (χ1v) is 7.80. The topological polar surface area (TPSA) is 33.1 Å². The summed E-state index contributed by atoms with van der Waals surface area (Å²) in [5.74, 6) is 2.17. The van der Waals surface area contributed by atoms with Crippen LogP contribution in [0.25, 0.3) is 0 Å². The van der Waals surface area contributed by atoms with E-state index in [9.17, 15) is 0 Å². The van der Waals surface area contributed by atoms with Crippen molar-refractivity contribution in [3.63, 3.8) is 0 Å². The Kier molecular flexibility index (Phi) is 4.43. The number of nitrogens with one attached hydrogen (secondary N) is 1. The van der Waals surface area contributed by atoms with Crippen molar-refractivity contribution in [3.8, 4) is 0 Å². The van der Waals surface area contributed by atoms with Crippen LogP contribution in [0.2, 0.25) is 0 Å². The summed E-state index contributed by atoms with van der Waals surface area (Å²) in [6, 6.07) is 0. The van der Waals surface area contributed by atoms with Crippen LogP contribution in [0.15, 0.2) is 0 Å². The summed E-state index contributed by atoms with van der Waals surface area (Å²) in [5.41, 5.74) is 2.64. The second-order valence-electron chi connectivity index (χ2n) is 7.28. The van der Waals surface area contributed by atoms with Gasteiger partial charge < -0.3 is 10.2 Å². The number of rotatable bonds is 3. The first kappa shape index (κ1) is 15.4. The zero-order valence-electron chi connectivity index (χ0n) is 14.0. The Balaban J connectivity index is 2.19. The predicted molar refractivity (Wildman–Crippen MR) is 85.1 cm³/mol. The fourth-order valence-corrected chi connectivity index (χ4v) is 2.87. The molecule has 1 N–H and O–H groups in total.